The van der Waals surface area contributed by atoms with Crippen LogP contribution in [0.3, 0.4) is 0 Å². The second-order valence-corrected chi connectivity index (χ2v) is 8.33. The van der Waals surface area contributed by atoms with Crippen LogP contribution in [0, 0.1) is 5.82 Å². The number of pyridine rings is 1. The number of rotatable bonds is 4. The number of carbonyl (C=O) groups excluding carboxylic acids is 1. The molecular formula is C20H16BrFN4OS. The topological polar surface area (TPSA) is 59.8 Å². The van der Waals surface area contributed by atoms with Crippen molar-refractivity contribution in [2.24, 2.45) is 0 Å². The average molecular weight is 459 g/mol. The zero-order valence-corrected chi connectivity index (χ0v) is 17.5. The number of benzene rings is 1. The van der Waals surface area contributed by atoms with Gasteiger partial charge in [0.25, 0.3) is 5.91 Å². The predicted molar refractivity (Wildman–Crippen MR) is 113 cm³/mol. The molecule has 5 nitrogen and oxygen atoms in total. The van der Waals surface area contributed by atoms with Gasteiger partial charge in [-0.15, -0.1) is 11.3 Å². The highest BCUT2D eigenvalue weighted by Gasteiger charge is 2.19. The summed E-state index contributed by atoms with van der Waals surface area (Å²) in [6.45, 7) is 4.03. The van der Waals surface area contributed by atoms with Crippen LogP contribution in [0.1, 0.15) is 30.2 Å². The van der Waals surface area contributed by atoms with Crippen LogP contribution in [0.5, 0.6) is 0 Å². The summed E-state index contributed by atoms with van der Waals surface area (Å²) in [5.74, 6) is -0.685. The number of nitrogens with one attached hydrogen (secondary N) is 1. The van der Waals surface area contributed by atoms with Gasteiger partial charge in [-0.05, 0) is 65.5 Å². The first-order valence-corrected chi connectivity index (χ1v) is 10.3. The summed E-state index contributed by atoms with van der Waals surface area (Å²) in [4.78, 5) is 18.8. The second-order valence-electron chi connectivity index (χ2n) is 6.53. The van der Waals surface area contributed by atoms with Crippen molar-refractivity contribution in [2.75, 3.05) is 5.32 Å². The van der Waals surface area contributed by atoms with Crippen LogP contribution in [-0.2, 0) is 0 Å². The van der Waals surface area contributed by atoms with E-state index < -0.39 is 0 Å². The molecule has 0 saturated heterocycles. The molecule has 3 aromatic heterocycles. The first kappa shape index (κ1) is 18.8. The Labute approximate surface area is 173 Å². The monoisotopic (exact) mass is 458 g/mol. The van der Waals surface area contributed by atoms with Crippen LogP contribution >= 0.6 is 27.3 Å². The van der Waals surface area contributed by atoms with Gasteiger partial charge in [0.15, 0.2) is 5.65 Å². The number of aromatic nitrogens is 3. The molecule has 0 fully saturated rings. The Hall–Kier alpha value is -2.58. The molecule has 0 spiro atoms. The van der Waals surface area contributed by atoms with Crippen molar-refractivity contribution in [3.8, 4) is 10.6 Å². The zero-order valence-electron chi connectivity index (χ0n) is 15.1. The molecule has 0 atom stereocenters. The molecule has 0 bridgehead atoms. The van der Waals surface area contributed by atoms with Crippen molar-refractivity contribution in [2.45, 2.75) is 19.9 Å². The number of hydrogen-bond acceptors (Lipinski definition) is 4. The van der Waals surface area contributed by atoms with Crippen molar-refractivity contribution in [3.05, 3.63) is 63.8 Å². The quantitative estimate of drug-likeness (QED) is 0.414. The normalized spacial score (nSPS) is 11.3. The first-order valence-electron chi connectivity index (χ1n) is 8.62. The van der Waals surface area contributed by atoms with Gasteiger partial charge in [-0.1, -0.05) is 6.07 Å². The maximum Gasteiger partial charge on any atom is 0.256 e. The summed E-state index contributed by atoms with van der Waals surface area (Å²) in [6, 6.07) is 9.92. The minimum atomic E-state index is -0.380. The fourth-order valence-electron chi connectivity index (χ4n) is 2.91. The molecule has 0 unspecified atom stereocenters. The molecule has 0 saturated carbocycles. The smallest absolute Gasteiger partial charge is 0.256 e. The SMILES string of the molecule is CC(C)n1ncc2c(C(=O)Nc3ccc(F)cc3Br)cc(-c3cccs3)nc21. The number of thiophene rings is 1. The molecule has 1 aromatic carbocycles. The van der Waals surface area contributed by atoms with E-state index in [4.69, 9.17) is 4.98 Å². The lowest BCUT2D eigenvalue weighted by Crippen LogP contribution is -2.14. The van der Waals surface area contributed by atoms with Crippen LogP contribution < -0.4 is 5.32 Å². The largest absolute Gasteiger partial charge is 0.321 e. The van der Waals surface area contributed by atoms with E-state index in [-0.39, 0.29) is 17.8 Å². The summed E-state index contributed by atoms with van der Waals surface area (Å²) in [6.07, 6.45) is 1.66. The maximum absolute atomic E-state index is 13.3. The van der Waals surface area contributed by atoms with E-state index in [0.29, 0.717) is 32.5 Å². The molecule has 4 aromatic rings. The lowest BCUT2D eigenvalue weighted by Gasteiger charge is -2.11. The standard InChI is InChI=1S/C20H16BrFN4OS/c1-11(2)26-19-14(10-23-26)13(9-17(24-19)18-4-3-7-28-18)20(27)25-16-6-5-12(22)8-15(16)21/h3-11H,1-2H3,(H,25,27). The van der Waals surface area contributed by atoms with Gasteiger partial charge in [0.05, 0.1) is 33.4 Å². The zero-order chi connectivity index (χ0) is 19.8. The van der Waals surface area contributed by atoms with E-state index in [1.165, 1.54) is 18.2 Å². The van der Waals surface area contributed by atoms with Crippen molar-refractivity contribution in [3.63, 3.8) is 0 Å². The number of fused-ring (bicyclic) bond motifs is 1. The van der Waals surface area contributed by atoms with Crippen molar-refractivity contribution in [1.29, 1.82) is 0 Å². The van der Waals surface area contributed by atoms with Crippen LogP contribution in [0.2, 0.25) is 0 Å². The van der Waals surface area contributed by atoms with E-state index in [1.54, 1.807) is 28.3 Å². The molecular weight excluding hydrogens is 443 g/mol. The van der Waals surface area contributed by atoms with Gasteiger partial charge in [0, 0.05) is 10.5 Å². The average Bonchev–Trinajstić information content (AvgIpc) is 3.32. The van der Waals surface area contributed by atoms with Crippen LogP contribution in [0.25, 0.3) is 21.6 Å². The van der Waals surface area contributed by atoms with E-state index in [2.05, 4.69) is 26.3 Å². The van der Waals surface area contributed by atoms with Gasteiger partial charge >= 0.3 is 0 Å². The fraction of sp³-hybridized carbons (Fsp3) is 0.150. The molecule has 4 rings (SSSR count). The highest BCUT2D eigenvalue weighted by atomic mass is 79.9. The van der Waals surface area contributed by atoms with Crippen LogP contribution in [-0.4, -0.2) is 20.7 Å². The molecule has 142 valence electrons. The molecule has 3 heterocycles. The van der Waals surface area contributed by atoms with Gasteiger partial charge in [-0.3, -0.25) is 4.79 Å². The lowest BCUT2D eigenvalue weighted by molar-refractivity contribution is 0.102. The molecule has 0 aliphatic rings. The number of halogens is 2. The molecule has 1 amide bonds. The third-order valence-electron chi connectivity index (χ3n) is 4.25. The fourth-order valence-corrected chi connectivity index (χ4v) is 4.05. The Morgan fingerprint density at radius 3 is 2.79 bits per heavy atom. The van der Waals surface area contributed by atoms with E-state index in [1.807, 2.05) is 31.4 Å². The van der Waals surface area contributed by atoms with Gasteiger partial charge in [-0.2, -0.15) is 5.10 Å². The number of carbonyl (C=O) groups is 1. The number of hydrogen-bond donors (Lipinski definition) is 1. The van der Waals surface area contributed by atoms with Gasteiger partial charge in [-0.25, -0.2) is 14.1 Å². The van der Waals surface area contributed by atoms with Crippen molar-refractivity contribution >= 4 is 49.9 Å². The number of amides is 1. The molecule has 0 aliphatic carbocycles. The summed E-state index contributed by atoms with van der Waals surface area (Å²) in [5, 5.41) is 9.90. The third kappa shape index (κ3) is 3.45. The second kappa shape index (κ2) is 7.44. The van der Waals surface area contributed by atoms with E-state index >= 15 is 0 Å². The number of anilines is 1. The minimum absolute atomic E-state index is 0.103. The van der Waals surface area contributed by atoms with E-state index in [0.717, 1.165) is 4.88 Å². The summed E-state index contributed by atoms with van der Waals surface area (Å²) >= 11 is 4.84. The summed E-state index contributed by atoms with van der Waals surface area (Å²) in [7, 11) is 0. The predicted octanol–water partition coefficient (Wildman–Crippen LogP) is 5.89. The highest BCUT2D eigenvalue weighted by molar-refractivity contribution is 9.10. The molecule has 0 radical (unpaired) electrons. The highest BCUT2D eigenvalue weighted by Crippen LogP contribution is 2.30. The molecule has 28 heavy (non-hydrogen) atoms. The van der Waals surface area contributed by atoms with Crippen LogP contribution in [0.15, 0.2) is 52.4 Å². The van der Waals surface area contributed by atoms with Gasteiger partial charge < -0.3 is 5.32 Å². The van der Waals surface area contributed by atoms with Crippen molar-refractivity contribution in [1.82, 2.24) is 14.8 Å². The summed E-state index contributed by atoms with van der Waals surface area (Å²) < 4.78 is 15.6. The number of nitrogens with zero attached hydrogens (tertiary/aromatic N) is 3. The lowest BCUT2D eigenvalue weighted by atomic mass is 10.1. The Bertz CT molecular complexity index is 1170. The Balaban J connectivity index is 1.83. The first-order chi connectivity index (χ1) is 13.4. The maximum atomic E-state index is 13.3. The van der Waals surface area contributed by atoms with Gasteiger partial charge in [0.2, 0.25) is 0 Å². The molecule has 8 heteroatoms. The van der Waals surface area contributed by atoms with Crippen molar-refractivity contribution < 1.29 is 9.18 Å². The third-order valence-corrected chi connectivity index (χ3v) is 5.80. The Kier molecular flexibility index (Phi) is 4.99. The Morgan fingerprint density at radius 1 is 1.29 bits per heavy atom. The minimum Gasteiger partial charge on any atom is -0.321 e. The molecule has 1 N–H and O–H groups in total. The molecule has 0 aliphatic heterocycles. The summed E-state index contributed by atoms with van der Waals surface area (Å²) in [5.41, 5.74) is 2.33. The Morgan fingerprint density at radius 2 is 2.11 bits per heavy atom. The van der Waals surface area contributed by atoms with E-state index in [9.17, 15) is 9.18 Å². The van der Waals surface area contributed by atoms with Crippen LogP contribution in [0.4, 0.5) is 10.1 Å². The van der Waals surface area contributed by atoms with Gasteiger partial charge in [0.1, 0.15) is 5.82 Å².